The van der Waals surface area contributed by atoms with Crippen LogP contribution >= 0.6 is 11.6 Å². The van der Waals surface area contributed by atoms with E-state index >= 15 is 0 Å². The number of hydrogen-bond acceptors (Lipinski definition) is 3. The third-order valence-electron chi connectivity index (χ3n) is 2.73. The van der Waals surface area contributed by atoms with E-state index in [2.05, 4.69) is 5.32 Å². The van der Waals surface area contributed by atoms with Crippen LogP contribution in [-0.4, -0.2) is 32.3 Å². The van der Waals surface area contributed by atoms with Gasteiger partial charge in [-0.2, -0.15) is 13.2 Å². The van der Waals surface area contributed by atoms with Crippen LogP contribution in [0.25, 0.3) is 0 Å². The fourth-order valence-electron chi connectivity index (χ4n) is 1.46. The van der Waals surface area contributed by atoms with Crippen molar-refractivity contribution in [3.05, 3.63) is 28.8 Å². The highest BCUT2D eigenvalue weighted by Crippen LogP contribution is 2.27. The maximum Gasteiger partial charge on any atom is 0.405 e. The number of alkyl halides is 3. The maximum atomic E-state index is 11.9. The Kier molecular flexibility index (Phi) is 6.29. The van der Waals surface area contributed by atoms with E-state index in [4.69, 9.17) is 16.3 Å². The third kappa shape index (κ3) is 6.22. The van der Waals surface area contributed by atoms with Crippen molar-refractivity contribution in [1.82, 2.24) is 10.6 Å². The van der Waals surface area contributed by atoms with Crippen LogP contribution in [0.4, 0.5) is 13.2 Å². The molecule has 0 aliphatic rings. The van der Waals surface area contributed by atoms with Gasteiger partial charge in [-0.15, -0.1) is 0 Å². The van der Waals surface area contributed by atoms with Crippen molar-refractivity contribution in [2.75, 3.05) is 20.2 Å². The van der Waals surface area contributed by atoms with E-state index < -0.39 is 25.2 Å². The van der Waals surface area contributed by atoms with E-state index in [-0.39, 0.29) is 11.8 Å². The molecule has 0 aliphatic carbocycles. The van der Waals surface area contributed by atoms with Crippen molar-refractivity contribution in [2.45, 2.75) is 19.1 Å². The average molecular weight is 325 g/mol. The number of halogens is 4. The molecule has 0 heterocycles. The molecule has 1 aromatic rings. The molecule has 0 saturated carbocycles. The zero-order valence-corrected chi connectivity index (χ0v) is 12.3. The van der Waals surface area contributed by atoms with Crippen molar-refractivity contribution in [3.8, 4) is 5.75 Å². The number of benzene rings is 1. The summed E-state index contributed by atoms with van der Waals surface area (Å²) in [7, 11) is 1.80. The minimum Gasteiger partial charge on any atom is -0.482 e. The second kappa shape index (κ2) is 7.51. The lowest BCUT2D eigenvalue weighted by Gasteiger charge is -2.14. The summed E-state index contributed by atoms with van der Waals surface area (Å²) in [6.45, 7) is 0.0229. The smallest absolute Gasteiger partial charge is 0.405 e. The highest BCUT2D eigenvalue weighted by atomic mass is 35.5. The lowest BCUT2D eigenvalue weighted by atomic mass is 10.1. The summed E-state index contributed by atoms with van der Waals surface area (Å²) < 4.78 is 40.8. The molecule has 1 rings (SSSR count). The minimum absolute atomic E-state index is 0.0895. The Labute approximate surface area is 125 Å². The molecular weight excluding hydrogens is 309 g/mol. The first-order chi connectivity index (χ1) is 9.73. The number of hydrogen-bond donors (Lipinski definition) is 2. The summed E-state index contributed by atoms with van der Waals surface area (Å²) in [6.07, 6.45) is -4.45. The van der Waals surface area contributed by atoms with Gasteiger partial charge in [0.1, 0.15) is 12.3 Å². The van der Waals surface area contributed by atoms with Crippen LogP contribution in [0.3, 0.4) is 0 Å². The predicted octanol–water partition coefficient (Wildman–Crippen LogP) is 2.68. The Bertz CT molecular complexity index is 495. The van der Waals surface area contributed by atoms with Crippen LogP contribution < -0.4 is 15.4 Å². The SMILES string of the molecule is CNC(C)c1ccc(OCC(=O)NCC(F)(F)F)c(Cl)c1. The molecule has 1 amide bonds. The van der Waals surface area contributed by atoms with Gasteiger partial charge in [0.25, 0.3) is 5.91 Å². The van der Waals surface area contributed by atoms with Crippen molar-refractivity contribution in [1.29, 1.82) is 0 Å². The molecule has 4 nitrogen and oxygen atoms in total. The standard InChI is InChI=1S/C13H16ClF3N2O2/c1-8(18-2)9-3-4-11(10(14)5-9)21-6-12(20)19-7-13(15,16)17/h3-5,8,18H,6-7H2,1-2H3,(H,19,20). The first-order valence-electron chi connectivity index (χ1n) is 6.16. The first kappa shape index (κ1) is 17.6. The fourth-order valence-corrected chi connectivity index (χ4v) is 1.71. The van der Waals surface area contributed by atoms with Crippen molar-refractivity contribution in [2.24, 2.45) is 0 Å². The van der Waals surface area contributed by atoms with Crippen LogP contribution in [0, 0.1) is 0 Å². The topological polar surface area (TPSA) is 50.4 Å². The number of ether oxygens (including phenoxy) is 1. The van der Waals surface area contributed by atoms with Crippen LogP contribution in [0.5, 0.6) is 5.75 Å². The number of carbonyl (C=O) groups is 1. The lowest BCUT2D eigenvalue weighted by Crippen LogP contribution is -2.36. The summed E-state index contributed by atoms with van der Waals surface area (Å²) in [5, 5.41) is 5.04. The van der Waals surface area contributed by atoms with Gasteiger partial charge < -0.3 is 15.4 Å². The molecule has 0 spiro atoms. The lowest BCUT2D eigenvalue weighted by molar-refractivity contribution is -0.139. The fraction of sp³-hybridized carbons (Fsp3) is 0.462. The number of carbonyl (C=O) groups excluding carboxylic acids is 1. The molecule has 118 valence electrons. The van der Waals surface area contributed by atoms with Crippen LogP contribution in [0.2, 0.25) is 5.02 Å². The average Bonchev–Trinajstić information content (AvgIpc) is 2.42. The Hall–Kier alpha value is -1.47. The van der Waals surface area contributed by atoms with Crippen LogP contribution in [-0.2, 0) is 4.79 Å². The normalized spacial score (nSPS) is 12.9. The molecule has 8 heteroatoms. The summed E-state index contributed by atoms with van der Waals surface area (Å²) in [4.78, 5) is 11.2. The largest absolute Gasteiger partial charge is 0.482 e. The van der Waals surface area contributed by atoms with Gasteiger partial charge in [0, 0.05) is 6.04 Å². The zero-order valence-electron chi connectivity index (χ0n) is 11.6. The molecule has 1 atom stereocenters. The molecule has 0 radical (unpaired) electrons. The second-order valence-electron chi connectivity index (χ2n) is 4.38. The van der Waals surface area contributed by atoms with Crippen LogP contribution in [0.1, 0.15) is 18.5 Å². The van der Waals surface area contributed by atoms with E-state index in [1.54, 1.807) is 30.6 Å². The molecule has 0 aromatic heterocycles. The van der Waals surface area contributed by atoms with Gasteiger partial charge in [-0.25, -0.2) is 0 Å². The monoisotopic (exact) mass is 324 g/mol. The van der Waals surface area contributed by atoms with Gasteiger partial charge >= 0.3 is 6.18 Å². The molecule has 0 saturated heterocycles. The third-order valence-corrected chi connectivity index (χ3v) is 3.03. The van der Waals surface area contributed by atoms with Crippen LogP contribution in [0.15, 0.2) is 18.2 Å². The van der Waals surface area contributed by atoms with E-state index in [0.717, 1.165) is 5.56 Å². The van der Waals surface area contributed by atoms with Gasteiger partial charge in [0.15, 0.2) is 6.61 Å². The summed E-state index contributed by atoms with van der Waals surface area (Å²) in [5.41, 5.74) is 0.927. The summed E-state index contributed by atoms with van der Waals surface area (Å²) >= 11 is 6.00. The number of rotatable bonds is 6. The quantitative estimate of drug-likeness (QED) is 0.846. The second-order valence-corrected chi connectivity index (χ2v) is 4.79. The maximum absolute atomic E-state index is 11.9. The van der Waals surface area contributed by atoms with Crippen molar-refractivity contribution < 1.29 is 22.7 Å². The van der Waals surface area contributed by atoms with Crippen molar-refractivity contribution in [3.63, 3.8) is 0 Å². The van der Waals surface area contributed by atoms with E-state index in [1.165, 1.54) is 0 Å². The van der Waals surface area contributed by atoms with Gasteiger partial charge in [-0.05, 0) is 31.7 Å². The molecule has 2 N–H and O–H groups in total. The Morgan fingerprint density at radius 3 is 2.62 bits per heavy atom. The molecular formula is C13H16ClF3N2O2. The molecule has 21 heavy (non-hydrogen) atoms. The number of nitrogens with one attached hydrogen (secondary N) is 2. The van der Waals surface area contributed by atoms with E-state index in [0.29, 0.717) is 5.02 Å². The Morgan fingerprint density at radius 2 is 2.10 bits per heavy atom. The number of amides is 1. The zero-order chi connectivity index (χ0) is 16.0. The predicted molar refractivity (Wildman–Crippen MR) is 73.5 cm³/mol. The molecule has 1 unspecified atom stereocenters. The highest BCUT2D eigenvalue weighted by molar-refractivity contribution is 6.32. The molecule has 0 bridgehead atoms. The van der Waals surface area contributed by atoms with Gasteiger partial charge in [-0.1, -0.05) is 17.7 Å². The summed E-state index contributed by atoms with van der Waals surface area (Å²) in [5.74, 6) is -0.623. The van der Waals surface area contributed by atoms with Gasteiger partial charge in [-0.3, -0.25) is 4.79 Å². The first-order valence-corrected chi connectivity index (χ1v) is 6.53. The Balaban J connectivity index is 2.54. The summed E-state index contributed by atoms with van der Waals surface area (Å²) in [6, 6.07) is 5.09. The van der Waals surface area contributed by atoms with Gasteiger partial charge in [0.05, 0.1) is 5.02 Å². The van der Waals surface area contributed by atoms with E-state index in [1.807, 2.05) is 6.92 Å². The molecule has 0 aliphatic heterocycles. The van der Waals surface area contributed by atoms with E-state index in [9.17, 15) is 18.0 Å². The van der Waals surface area contributed by atoms with Gasteiger partial charge in [0.2, 0.25) is 0 Å². The Morgan fingerprint density at radius 1 is 1.43 bits per heavy atom. The van der Waals surface area contributed by atoms with Crippen molar-refractivity contribution >= 4 is 17.5 Å². The highest BCUT2D eigenvalue weighted by Gasteiger charge is 2.27. The molecule has 1 aromatic carbocycles. The molecule has 0 fully saturated rings. The minimum atomic E-state index is -4.45.